The Balaban J connectivity index is 2.12. The molecule has 102 valence electrons. The van der Waals surface area contributed by atoms with E-state index in [2.05, 4.69) is 22.6 Å². The zero-order chi connectivity index (χ0) is 14.0. The summed E-state index contributed by atoms with van der Waals surface area (Å²) in [5.41, 5.74) is 0.630. The van der Waals surface area contributed by atoms with Crippen LogP contribution in [0.2, 0.25) is 0 Å². The fourth-order valence-electron chi connectivity index (χ4n) is 1.92. The first-order chi connectivity index (χ1) is 8.99. The maximum Gasteiger partial charge on any atom is 0.308 e. The van der Waals surface area contributed by atoms with Gasteiger partial charge in [-0.1, -0.05) is 6.92 Å². The molecule has 1 aromatic carbocycles. The van der Waals surface area contributed by atoms with E-state index >= 15 is 0 Å². The molecule has 5 heteroatoms. The van der Waals surface area contributed by atoms with E-state index < -0.39 is 11.9 Å². The normalized spacial score (nSPS) is 15.9. The number of carbonyl (C=O) groups excluding carboxylic acids is 1. The monoisotopic (exact) mass is 373 g/mol. The summed E-state index contributed by atoms with van der Waals surface area (Å²) in [5, 5.41) is 8.98. The van der Waals surface area contributed by atoms with Crippen molar-refractivity contribution in [2.75, 3.05) is 6.54 Å². The predicted molar refractivity (Wildman–Crippen MR) is 80.0 cm³/mol. The molecule has 0 spiro atoms. The Morgan fingerprint density at radius 3 is 2.42 bits per heavy atom. The van der Waals surface area contributed by atoms with Gasteiger partial charge >= 0.3 is 5.97 Å². The molecule has 0 radical (unpaired) electrons. The molecule has 1 unspecified atom stereocenters. The smallest absolute Gasteiger partial charge is 0.308 e. The Morgan fingerprint density at radius 1 is 1.37 bits per heavy atom. The molecule has 19 heavy (non-hydrogen) atoms. The van der Waals surface area contributed by atoms with Gasteiger partial charge in [-0.25, -0.2) is 0 Å². The van der Waals surface area contributed by atoms with Crippen molar-refractivity contribution in [1.82, 2.24) is 4.90 Å². The fraction of sp³-hybridized carbons (Fsp3) is 0.429. The first-order valence-corrected chi connectivity index (χ1v) is 7.36. The van der Waals surface area contributed by atoms with Gasteiger partial charge in [0.15, 0.2) is 0 Å². The highest BCUT2D eigenvalue weighted by atomic mass is 127. The lowest BCUT2D eigenvalue weighted by Crippen LogP contribution is -2.38. The number of carbonyl (C=O) groups is 2. The van der Waals surface area contributed by atoms with Crippen LogP contribution in [-0.2, 0) is 4.79 Å². The number of aliphatic carboxylic acids is 1. The van der Waals surface area contributed by atoms with E-state index in [0.717, 1.165) is 16.4 Å². The van der Waals surface area contributed by atoms with Crippen LogP contribution in [0.1, 0.15) is 30.1 Å². The molecule has 0 aromatic heterocycles. The minimum absolute atomic E-state index is 0.0630. The average molecular weight is 373 g/mol. The van der Waals surface area contributed by atoms with E-state index in [9.17, 15) is 9.59 Å². The Bertz CT molecular complexity index is 482. The van der Waals surface area contributed by atoms with Crippen LogP contribution in [0.5, 0.6) is 0 Å². The first kappa shape index (κ1) is 14.3. The second-order valence-corrected chi connectivity index (χ2v) is 6.18. The molecular formula is C14H16INO3. The van der Waals surface area contributed by atoms with Crippen molar-refractivity contribution in [3.63, 3.8) is 0 Å². The number of carboxylic acids is 1. The Morgan fingerprint density at radius 2 is 1.95 bits per heavy atom. The highest BCUT2D eigenvalue weighted by Crippen LogP contribution is 2.29. The number of rotatable bonds is 5. The van der Waals surface area contributed by atoms with Gasteiger partial charge in [0.2, 0.25) is 0 Å². The molecule has 0 aliphatic heterocycles. The molecule has 1 aliphatic rings. The molecule has 1 N–H and O–H groups in total. The van der Waals surface area contributed by atoms with Crippen LogP contribution in [0.4, 0.5) is 0 Å². The van der Waals surface area contributed by atoms with Crippen LogP contribution in [-0.4, -0.2) is 34.5 Å². The molecule has 0 heterocycles. The topological polar surface area (TPSA) is 57.6 Å². The van der Waals surface area contributed by atoms with Crippen molar-refractivity contribution in [2.45, 2.75) is 25.8 Å². The fourth-order valence-corrected chi connectivity index (χ4v) is 2.28. The van der Waals surface area contributed by atoms with Gasteiger partial charge in [-0.2, -0.15) is 0 Å². The van der Waals surface area contributed by atoms with Gasteiger partial charge in [-0.15, -0.1) is 0 Å². The summed E-state index contributed by atoms with van der Waals surface area (Å²) in [6.45, 7) is 1.92. The Labute approximate surface area is 125 Å². The maximum atomic E-state index is 12.4. The quantitative estimate of drug-likeness (QED) is 0.808. The third-order valence-corrected chi connectivity index (χ3v) is 3.95. The summed E-state index contributed by atoms with van der Waals surface area (Å²) in [6, 6.07) is 7.59. The van der Waals surface area contributed by atoms with E-state index in [1.165, 1.54) is 0 Å². The van der Waals surface area contributed by atoms with Crippen molar-refractivity contribution in [1.29, 1.82) is 0 Å². The number of benzene rings is 1. The standard InChI is InChI=1S/C14H16INO3/c1-9(14(18)19)8-16(12-6-7-12)13(17)10-2-4-11(15)5-3-10/h2-5,9,12H,6-8H2,1H3,(H,18,19). The van der Waals surface area contributed by atoms with E-state index in [1.807, 2.05) is 12.1 Å². The van der Waals surface area contributed by atoms with Crippen molar-refractivity contribution < 1.29 is 14.7 Å². The molecule has 1 aliphatic carbocycles. The third-order valence-electron chi connectivity index (χ3n) is 3.23. The minimum atomic E-state index is -0.860. The van der Waals surface area contributed by atoms with Crippen LogP contribution in [0, 0.1) is 9.49 Å². The molecule has 1 atom stereocenters. The van der Waals surface area contributed by atoms with Gasteiger partial charge in [-0.3, -0.25) is 9.59 Å². The van der Waals surface area contributed by atoms with E-state index in [0.29, 0.717) is 5.56 Å². The van der Waals surface area contributed by atoms with Crippen molar-refractivity contribution in [3.05, 3.63) is 33.4 Å². The summed E-state index contributed by atoms with van der Waals surface area (Å²) in [6.07, 6.45) is 1.95. The molecule has 4 nitrogen and oxygen atoms in total. The van der Waals surface area contributed by atoms with Gasteiger partial charge < -0.3 is 10.0 Å². The lowest BCUT2D eigenvalue weighted by Gasteiger charge is -2.24. The van der Waals surface area contributed by atoms with Crippen LogP contribution < -0.4 is 0 Å². The van der Waals surface area contributed by atoms with Crippen molar-refractivity contribution in [2.24, 2.45) is 5.92 Å². The van der Waals surface area contributed by atoms with Crippen LogP contribution in [0.3, 0.4) is 0 Å². The van der Waals surface area contributed by atoms with Gasteiger partial charge in [0.1, 0.15) is 0 Å². The number of hydrogen-bond acceptors (Lipinski definition) is 2. The lowest BCUT2D eigenvalue weighted by molar-refractivity contribution is -0.141. The van der Waals surface area contributed by atoms with Crippen molar-refractivity contribution in [3.8, 4) is 0 Å². The summed E-state index contributed by atoms with van der Waals surface area (Å²) in [4.78, 5) is 25.1. The number of carboxylic acid groups (broad SMARTS) is 1. The summed E-state index contributed by atoms with van der Waals surface area (Å²) >= 11 is 2.19. The molecule has 1 fully saturated rings. The maximum absolute atomic E-state index is 12.4. The van der Waals surface area contributed by atoms with Crippen LogP contribution in [0.25, 0.3) is 0 Å². The molecular weight excluding hydrogens is 357 g/mol. The van der Waals surface area contributed by atoms with E-state index in [4.69, 9.17) is 5.11 Å². The molecule has 0 bridgehead atoms. The molecule has 1 aromatic rings. The predicted octanol–water partition coefficient (Wildman–Crippen LogP) is 2.62. The molecule has 2 rings (SSSR count). The largest absolute Gasteiger partial charge is 0.481 e. The van der Waals surface area contributed by atoms with Gasteiger partial charge in [0, 0.05) is 21.7 Å². The lowest BCUT2D eigenvalue weighted by atomic mass is 10.1. The minimum Gasteiger partial charge on any atom is -0.481 e. The average Bonchev–Trinajstić information content (AvgIpc) is 3.19. The van der Waals surface area contributed by atoms with Crippen LogP contribution >= 0.6 is 22.6 Å². The summed E-state index contributed by atoms with van der Waals surface area (Å²) < 4.78 is 1.08. The highest BCUT2D eigenvalue weighted by molar-refractivity contribution is 14.1. The molecule has 1 amide bonds. The third kappa shape index (κ3) is 3.68. The summed E-state index contributed by atoms with van der Waals surface area (Å²) in [5.74, 6) is -1.46. The molecule has 0 saturated heterocycles. The zero-order valence-corrected chi connectivity index (χ0v) is 12.8. The van der Waals surface area contributed by atoms with Gasteiger partial charge in [0.05, 0.1) is 5.92 Å². The van der Waals surface area contributed by atoms with Crippen LogP contribution in [0.15, 0.2) is 24.3 Å². The van der Waals surface area contributed by atoms with E-state index in [-0.39, 0.29) is 18.5 Å². The van der Waals surface area contributed by atoms with Gasteiger partial charge in [0.25, 0.3) is 5.91 Å². The van der Waals surface area contributed by atoms with Crippen molar-refractivity contribution >= 4 is 34.5 Å². The van der Waals surface area contributed by atoms with Gasteiger partial charge in [-0.05, 0) is 59.7 Å². The Kier molecular flexibility index (Phi) is 4.44. The Hall–Kier alpha value is -1.11. The number of amides is 1. The SMILES string of the molecule is CC(CN(C(=O)c1ccc(I)cc1)C1CC1)C(=O)O. The number of hydrogen-bond donors (Lipinski definition) is 1. The summed E-state index contributed by atoms with van der Waals surface area (Å²) in [7, 11) is 0. The second kappa shape index (κ2) is 5.90. The number of nitrogens with zero attached hydrogens (tertiary/aromatic N) is 1. The number of halogens is 1. The highest BCUT2D eigenvalue weighted by Gasteiger charge is 2.34. The second-order valence-electron chi connectivity index (χ2n) is 4.93. The van der Waals surface area contributed by atoms with E-state index in [1.54, 1.807) is 24.0 Å². The zero-order valence-electron chi connectivity index (χ0n) is 10.7. The first-order valence-electron chi connectivity index (χ1n) is 6.28. The molecule has 1 saturated carbocycles.